The van der Waals surface area contributed by atoms with E-state index in [1.165, 1.54) is 6.07 Å². The SMILES string of the molecule is Cc1cc(C)n2nc(CCCc3cc(NCCO)ccc3F)nc2n1. The Balaban J connectivity index is 1.65. The second-order valence-electron chi connectivity index (χ2n) is 6.09. The first-order valence-electron chi connectivity index (χ1n) is 8.40. The molecular weight excluding hydrogens is 321 g/mol. The molecule has 0 spiro atoms. The molecule has 1 aromatic carbocycles. The van der Waals surface area contributed by atoms with Crippen LogP contribution in [-0.2, 0) is 12.8 Å². The molecule has 2 heterocycles. The first kappa shape index (κ1) is 17.3. The van der Waals surface area contributed by atoms with E-state index >= 15 is 0 Å². The van der Waals surface area contributed by atoms with Crippen molar-refractivity contribution in [2.24, 2.45) is 0 Å². The smallest absolute Gasteiger partial charge is 0.252 e. The summed E-state index contributed by atoms with van der Waals surface area (Å²) in [6.07, 6.45) is 2.01. The van der Waals surface area contributed by atoms with Crippen LogP contribution in [0.25, 0.3) is 5.78 Å². The van der Waals surface area contributed by atoms with Crippen molar-refractivity contribution in [1.29, 1.82) is 0 Å². The zero-order valence-electron chi connectivity index (χ0n) is 14.5. The van der Waals surface area contributed by atoms with Crippen LogP contribution in [0.4, 0.5) is 10.1 Å². The van der Waals surface area contributed by atoms with E-state index < -0.39 is 0 Å². The molecule has 0 amide bonds. The Morgan fingerprint density at radius 2 is 2.00 bits per heavy atom. The van der Waals surface area contributed by atoms with Gasteiger partial charge in [0.2, 0.25) is 0 Å². The highest BCUT2D eigenvalue weighted by Gasteiger charge is 2.09. The Morgan fingerprint density at radius 3 is 2.80 bits per heavy atom. The summed E-state index contributed by atoms with van der Waals surface area (Å²) in [6, 6.07) is 6.88. The van der Waals surface area contributed by atoms with Gasteiger partial charge in [0.15, 0.2) is 5.82 Å². The van der Waals surface area contributed by atoms with Gasteiger partial charge in [0.25, 0.3) is 5.78 Å². The molecule has 25 heavy (non-hydrogen) atoms. The maximum atomic E-state index is 14.0. The third-order valence-corrected chi connectivity index (χ3v) is 4.00. The molecule has 3 rings (SSSR count). The maximum absolute atomic E-state index is 14.0. The average molecular weight is 343 g/mol. The third kappa shape index (κ3) is 4.11. The molecule has 0 fully saturated rings. The summed E-state index contributed by atoms with van der Waals surface area (Å²) < 4.78 is 15.7. The van der Waals surface area contributed by atoms with Crippen molar-refractivity contribution in [3.63, 3.8) is 0 Å². The predicted molar refractivity (Wildman–Crippen MR) is 94.3 cm³/mol. The highest BCUT2D eigenvalue weighted by molar-refractivity contribution is 5.46. The normalized spacial score (nSPS) is 11.2. The molecule has 3 aromatic rings. The summed E-state index contributed by atoms with van der Waals surface area (Å²) >= 11 is 0. The lowest BCUT2D eigenvalue weighted by Gasteiger charge is -2.08. The number of hydrogen-bond donors (Lipinski definition) is 2. The molecule has 0 aliphatic carbocycles. The summed E-state index contributed by atoms with van der Waals surface area (Å²) in [5.41, 5.74) is 3.37. The van der Waals surface area contributed by atoms with Crippen LogP contribution in [0.1, 0.15) is 29.2 Å². The van der Waals surface area contributed by atoms with Crippen LogP contribution in [0.15, 0.2) is 24.3 Å². The van der Waals surface area contributed by atoms with Crippen molar-refractivity contribution in [3.05, 3.63) is 52.9 Å². The van der Waals surface area contributed by atoms with E-state index in [0.29, 0.717) is 30.7 Å². The fourth-order valence-electron chi connectivity index (χ4n) is 2.83. The van der Waals surface area contributed by atoms with Gasteiger partial charge >= 0.3 is 0 Å². The Kier molecular flexibility index (Phi) is 5.23. The Labute approximate surface area is 145 Å². The Hall–Kier alpha value is -2.54. The number of halogens is 1. The van der Waals surface area contributed by atoms with E-state index in [1.54, 1.807) is 16.6 Å². The zero-order chi connectivity index (χ0) is 17.8. The molecule has 0 atom stereocenters. The monoisotopic (exact) mass is 343 g/mol. The van der Waals surface area contributed by atoms with Crippen molar-refractivity contribution in [2.75, 3.05) is 18.5 Å². The first-order valence-corrected chi connectivity index (χ1v) is 8.40. The summed E-state index contributed by atoms with van der Waals surface area (Å²) in [7, 11) is 0. The number of aliphatic hydroxyl groups excluding tert-OH is 1. The number of benzene rings is 1. The van der Waals surface area contributed by atoms with Crippen LogP contribution < -0.4 is 5.32 Å². The van der Waals surface area contributed by atoms with Gasteiger partial charge in [0.05, 0.1) is 6.61 Å². The Morgan fingerprint density at radius 1 is 1.16 bits per heavy atom. The number of aliphatic hydroxyl groups is 1. The van der Waals surface area contributed by atoms with Crippen molar-refractivity contribution in [1.82, 2.24) is 19.6 Å². The molecule has 0 saturated carbocycles. The number of aryl methyl sites for hydroxylation is 4. The second kappa shape index (κ2) is 7.57. The standard InChI is InChI=1S/C18H22FN5O/c1-12-10-13(2)24-18(21-12)22-17(23-24)5-3-4-14-11-15(20-8-9-25)6-7-16(14)19/h6-7,10-11,20,25H,3-5,8-9H2,1-2H3. The fourth-order valence-corrected chi connectivity index (χ4v) is 2.83. The number of nitrogens with zero attached hydrogens (tertiary/aromatic N) is 4. The van der Waals surface area contributed by atoms with E-state index in [2.05, 4.69) is 20.4 Å². The van der Waals surface area contributed by atoms with Crippen LogP contribution >= 0.6 is 0 Å². The molecule has 0 bridgehead atoms. The van der Waals surface area contributed by atoms with Crippen LogP contribution in [0.3, 0.4) is 0 Å². The van der Waals surface area contributed by atoms with E-state index in [-0.39, 0.29) is 12.4 Å². The summed E-state index contributed by atoms with van der Waals surface area (Å²) in [6.45, 7) is 4.39. The van der Waals surface area contributed by atoms with Gasteiger partial charge in [-0.15, -0.1) is 5.10 Å². The number of rotatable bonds is 7. The van der Waals surface area contributed by atoms with E-state index in [0.717, 1.165) is 29.3 Å². The Bertz CT molecular complexity index is 877. The molecule has 132 valence electrons. The minimum absolute atomic E-state index is 0.0409. The minimum Gasteiger partial charge on any atom is -0.395 e. The number of aromatic nitrogens is 4. The second-order valence-corrected chi connectivity index (χ2v) is 6.09. The van der Waals surface area contributed by atoms with Gasteiger partial charge in [-0.1, -0.05) is 0 Å². The van der Waals surface area contributed by atoms with Crippen molar-refractivity contribution in [3.8, 4) is 0 Å². The van der Waals surface area contributed by atoms with Gasteiger partial charge in [0, 0.05) is 30.0 Å². The quantitative estimate of drug-likeness (QED) is 0.689. The van der Waals surface area contributed by atoms with Gasteiger partial charge in [-0.2, -0.15) is 4.98 Å². The van der Waals surface area contributed by atoms with Gasteiger partial charge in [-0.05, 0) is 56.5 Å². The summed E-state index contributed by atoms with van der Waals surface area (Å²) in [5.74, 6) is 1.11. The molecular formula is C18H22FN5O. The molecule has 2 aromatic heterocycles. The predicted octanol–water partition coefficient (Wildman–Crippen LogP) is 2.46. The molecule has 0 aliphatic heterocycles. The van der Waals surface area contributed by atoms with Gasteiger partial charge < -0.3 is 10.4 Å². The largest absolute Gasteiger partial charge is 0.395 e. The lowest BCUT2D eigenvalue weighted by molar-refractivity contribution is 0.311. The molecule has 7 heteroatoms. The van der Waals surface area contributed by atoms with Gasteiger partial charge in [0.1, 0.15) is 5.82 Å². The molecule has 0 aliphatic rings. The number of hydrogen-bond acceptors (Lipinski definition) is 5. The maximum Gasteiger partial charge on any atom is 0.252 e. The van der Waals surface area contributed by atoms with Crippen molar-refractivity contribution >= 4 is 11.5 Å². The van der Waals surface area contributed by atoms with Crippen molar-refractivity contribution in [2.45, 2.75) is 33.1 Å². The van der Waals surface area contributed by atoms with E-state index in [1.807, 2.05) is 19.9 Å². The zero-order valence-corrected chi connectivity index (χ0v) is 14.5. The van der Waals surface area contributed by atoms with E-state index in [4.69, 9.17) is 5.11 Å². The fraction of sp³-hybridized carbons (Fsp3) is 0.389. The lowest BCUT2D eigenvalue weighted by Crippen LogP contribution is -2.06. The van der Waals surface area contributed by atoms with Gasteiger partial charge in [-0.3, -0.25) is 0 Å². The van der Waals surface area contributed by atoms with Crippen molar-refractivity contribution < 1.29 is 9.50 Å². The van der Waals surface area contributed by atoms with Crippen LogP contribution in [0, 0.1) is 19.7 Å². The summed E-state index contributed by atoms with van der Waals surface area (Å²) in [4.78, 5) is 8.83. The average Bonchev–Trinajstić information content (AvgIpc) is 2.98. The highest BCUT2D eigenvalue weighted by atomic mass is 19.1. The number of fused-ring (bicyclic) bond motifs is 1. The molecule has 0 unspecified atom stereocenters. The molecule has 0 saturated heterocycles. The minimum atomic E-state index is -0.217. The first-order chi connectivity index (χ1) is 12.1. The van der Waals surface area contributed by atoms with E-state index in [9.17, 15) is 4.39 Å². The van der Waals surface area contributed by atoms with Crippen LogP contribution in [0.2, 0.25) is 0 Å². The van der Waals surface area contributed by atoms with Crippen LogP contribution in [-0.4, -0.2) is 37.8 Å². The number of anilines is 1. The molecule has 2 N–H and O–H groups in total. The molecule has 0 radical (unpaired) electrons. The molecule has 6 nitrogen and oxygen atoms in total. The lowest BCUT2D eigenvalue weighted by atomic mass is 10.1. The highest BCUT2D eigenvalue weighted by Crippen LogP contribution is 2.17. The van der Waals surface area contributed by atoms with Gasteiger partial charge in [-0.25, -0.2) is 13.9 Å². The number of nitrogens with one attached hydrogen (secondary N) is 1. The van der Waals surface area contributed by atoms with Crippen LogP contribution in [0.5, 0.6) is 0 Å². The third-order valence-electron chi connectivity index (χ3n) is 4.00. The summed E-state index contributed by atoms with van der Waals surface area (Å²) in [5, 5.41) is 16.4. The topological polar surface area (TPSA) is 75.3 Å².